The second kappa shape index (κ2) is 7.84. The number of likely N-dealkylation sites (tertiary alicyclic amines) is 1. The van der Waals surface area contributed by atoms with Gasteiger partial charge in [-0.15, -0.1) is 0 Å². The Kier molecular flexibility index (Phi) is 5.10. The van der Waals surface area contributed by atoms with Crippen LogP contribution in [-0.2, 0) is 4.79 Å². The first kappa shape index (κ1) is 18.2. The van der Waals surface area contributed by atoms with Crippen LogP contribution in [0.5, 0.6) is 0 Å². The summed E-state index contributed by atoms with van der Waals surface area (Å²) in [5.74, 6) is 1.30. The second-order valence-electron chi connectivity index (χ2n) is 7.40. The first-order valence-corrected chi connectivity index (χ1v) is 9.67. The summed E-state index contributed by atoms with van der Waals surface area (Å²) in [4.78, 5) is 30.4. The molecule has 1 saturated heterocycles. The normalized spacial score (nSPS) is 18.6. The third-order valence-corrected chi connectivity index (χ3v) is 5.25. The van der Waals surface area contributed by atoms with Crippen LogP contribution in [0.4, 0.5) is 11.5 Å². The van der Waals surface area contributed by atoms with Crippen LogP contribution in [-0.4, -0.2) is 40.8 Å². The summed E-state index contributed by atoms with van der Waals surface area (Å²) in [5, 5.41) is 6.12. The maximum Gasteiger partial charge on any atom is 0.253 e. The molecule has 1 aromatic heterocycles. The molecule has 0 bridgehead atoms. The quantitative estimate of drug-likeness (QED) is 0.758. The zero-order chi connectivity index (χ0) is 19.5. The van der Waals surface area contributed by atoms with Crippen LogP contribution in [0.1, 0.15) is 41.1 Å². The molecule has 0 radical (unpaired) electrons. The van der Waals surface area contributed by atoms with Crippen LogP contribution >= 0.6 is 0 Å². The summed E-state index contributed by atoms with van der Waals surface area (Å²) in [7, 11) is 0. The van der Waals surface area contributed by atoms with Gasteiger partial charge in [0.15, 0.2) is 0 Å². The molecule has 0 spiro atoms. The molecular weight excluding hydrogens is 352 g/mol. The number of anilines is 2. The topological polar surface area (TPSA) is 74.3 Å². The first-order valence-electron chi connectivity index (χ1n) is 9.67. The van der Waals surface area contributed by atoms with E-state index in [1.165, 1.54) is 24.5 Å². The molecule has 2 heterocycles. The highest BCUT2D eigenvalue weighted by Gasteiger charge is 2.27. The number of hydrogen-bond acceptors (Lipinski definition) is 4. The van der Waals surface area contributed by atoms with E-state index in [0.29, 0.717) is 30.3 Å². The third-order valence-electron chi connectivity index (χ3n) is 5.25. The second-order valence-corrected chi connectivity index (χ2v) is 7.40. The molecule has 4 rings (SSSR count). The van der Waals surface area contributed by atoms with Gasteiger partial charge in [-0.2, -0.15) is 0 Å². The van der Waals surface area contributed by atoms with E-state index in [1.807, 2.05) is 17.2 Å². The minimum Gasteiger partial charge on any atom is -0.365 e. The Morgan fingerprint density at radius 3 is 2.54 bits per heavy atom. The van der Waals surface area contributed by atoms with Crippen molar-refractivity contribution in [1.82, 2.24) is 9.88 Å². The molecule has 2 fully saturated rings. The number of nitrogens with one attached hydrogen (secondary N) is 2. The minimum absolute atomic E-state index is 0.00272. The molecule has 144 valence electrons. The molecule has 1 saturated carbocycles. The maximum absolute atomic E-state index is 12.7. The molecule has 6 heteroatoms. The van der Waals surface area contributed by atoms with Crippen molar-refractivity contribution in [2.75, 3.05) is 23.7 Å². The number of benzene rings is 1. The van der Waals surface area contributed by atoms with Crippen molar-refractivity contribution in [2.24, 2.45) is 0 Å². The molecule has 1 aromatic carbocycles. The third kappa shape index (κ3) is 4.22. The highest BCUT2D eigenvalue weighted by molar-refractivity contribution is 5.99. The SMILES string of the molecule is C=CC(=O)Nc1ccc(C(=O)N2CC[C@@H](Nc3ccc(C4CC4)cn3)C2)cc1. The van der Waals surface area contributed by atoms with Gasteiger partial charge in [-0.05, 0) is 67.2 Å². The van der Waals surface area contributed by atoms with Gasteiger partial charge in [-0.1, -0.05) is 12.6 Å². The van der Waals surface area contributed by atoms with Gasteiger partial charge in [0, 0.05) is 36.6 Å². The van der Waals surface area contributed by atoms with Crippen LogP contribution in [0, 0.1) is 0 Å². The fraction of sp³-hybridized carbons (Fsp3) is 0.318. The van der Waals surface area contributed by atoms with Gasteiger partial charge >= 0.3 is 0 Å². The van der Waals surface area contributed by atoms with Crippen molar-refractivity contribution in [3.8, 4) is 0 Å². The lowest BCUT2D eigenvalue weighted by Crippen LogP contribution is -2.31. The summed E-state index contributed by atoms with van der Waals surface area (Å²) < 4.78 is 0. The van der Waals surface area contributed by atoms with E-state index in [0.717, 1.165) is 12.2 Å². The number of aromatic nitrogens is 1. The Hall–Kier alpha value is -3.15. The minimum atomic E-state index is -0.272. The van der Waals surface area contributed by atoms with Crippen LogP contribution in [0.25, 0.3) is 0 Å². The molecule has 1 atom stereocenters. The standard InChI is InChI=1S/C22H24N4O2/c1-2-21(27)25-18-8-5-16(6-9-18)22(28)26-12-11-19(14-26)24-20-10-7-17(13-23-20)15-3-4-15/h2,5-10,13,15,19H,1,3-4,11-12,14H2,(H,23,24)(H,25,27)/t19-/m1/s1. The molecule has 2 aromatic rings. The number of pyridine rings is 1. The largest absolute Gasteiger partial charge is 0.365 e. The lowest BCUT2D eigenvalue weighted by Gasteiger charge is -2.18. The fourth-order valence-electron chi connectivity index (χ4n) is 3.49. The summed E-state index contributed by atoms with van der Waals surface area (Å²) in [6, 6.07) is 11.3. The Morgan fingerprint density at radius 1 is 1.11 bits per heavy atom. The first-order chi connectivity index (χ1) is 13.6. The number of nitrogens with zero attached hydrogens (tertiary/aromatic N) is 2. The van der Waals surface area contributed by atoms with E-state index in [4.69, 9.17) is 0 Å². The highest BCUT2D eigenvalue weighted by Crippen LogP contribution is 2.39. The van der Waals surface area contributed by atoms with E-state index in [-0.39, 0.29) is 17.9 Å². The van der Waals surface area contributed by atoms with Crippen molar-refractivity contribution in [3.05, 3.63) is 66.4 Å². The lowest BCUT2D eigenvalue weighted by atomic mass is 10.2. The Labute approximate surface area is 164 Å². The average molecular weight is 376 g/mol. The van der Waals surface area contributed by atoms with Gasteiger partial charge in [-0.3, -0.25) is 9.59 Å². The summed E-state index contributed by atoms with van der Waals surface area (Å²) >= 11 is 0. The van der Waals surface area contributed by atoms with Crippen LogP contribution in [0.3, 0.4) is 0 Å². The van der Waals surface area contributed by atoms with Gasteiger partial charge in [0.2, 0.25) is 5.91 Å². The van der Waals surface area contributed by atoms with Gasteiger partial charge in [0.05, 0.1) is 0 Å². The fourth-order valence-corrected chi connectivity index (χ4v) is 3.49. The molecular formula is C22H24N4O2. The van der Waals surface area contributed by atoms with E-state index >= 15 is 0 Å². The van der Waals surface area contributed by atoms with Crippen molar-refractivity contribution in [3.63, 3.8) is 0 Å². The van der Waals surface area contributed by atoms with E-state index in [9.17, 15) is 9.59 Å². The van der Waals surface area contributed by atoms with Crippen molar-refractivity contribution < 1.29 is 9.59 Å². The molecule has 1 aliphatic carbocycles. The zero-order valence-electron chi connectivity index (χ0n) is 15.7. The Balaban J connectivity index is 1.32. The van der Waals surface area contributed by atoms with Crippen molar-refractivity contribution >= 4 is 23.3 Å². The molecule has 0 unspecified atom stereocenters. The van der Waals surface area contributed by atoms with Gasteiger partial charge in [0.1, 0.15) is 5.82 Å². The molecule has 2 aliphatic rings. The predicted molar refractivity (Wildman–Crippen MR) is 109 cm³/mol. The number of rotatable bonds is 6. The maximum atomic E-state index is 12.7. The van der Waals surface area contributed by atoms with E-state index in [2.05, 4.69) is 28.3 Å². The average Bonchev–Trinajstić information content (AvgIpc) is 3.47. The van der Waals surface area contributed by atoms with Crippen LogP contribution in [0.2, 0.25) is 0 Å². The van der Waals surface area contributed by atoms with Gasteiger partial charge < -0.3 is 15.5 Å². The Morgan fingerprint density at radius 2 is 1.89 bits per heavy atom. The van der Waals surface area contributed by atoms with Crippen LogP contribution < -0.4 is 10.6 Å². The number of hydrogen-bond donors (Lipinski definition) is 2. The molecule has 6 nitrogen and oxygen atoms in total. The summed E-state index contributed by atoms with van der Waals surface area (Å²) in [5.41, 5.74) is 2.58. The monoisotopic (exact) mass is 376 g/mol. The zero-order valence-corrected chi connectivity index (χ0v) is 15.7. The Bertz CT molecular complexity index is 872. The smallest absolute Gasteiger partial charge is 0.253 e. The van der Waals surface area contributed by atoms with Gasteiger partial charge in [-0.25, -0.2) is 4.98 Å². The molecule has 28 heavy (non-hydrogen) atoms. The summed E-state index contributed by atoms with van der Waals surface area (Å²) in [6.07, 6.45) is 6.62. The molecule has 2 N–H and O–H groups in total. The van der Waals surface area contributed by atoms with E-state index < -0.39 is 0 Å². The van der Waals surface area contributed by atoms with E-state index in [1.54, 1.807) is 24.3 Å². The molecule has 1 aliphatic heterocycles. The number of carbonyl (C=O) groups excluding carboxylic acids is 2. The lowest BCUT2D eigenvalue weighted by molar-refractivity contribution is -0.111. The van der Waals surface area contributed by atoms with Crippen molar-refractivity contribution in [1.29, 1.82) is 0 Å². The van der Waals surface area contributed by atoms with Crippen LogP contribution in [0.15, 0.2) is 55.3 Å². The number of amides is 2. The molecule has 2 amide bonds. The van der Waals surface area contributed by atoms with Crippen molar-refractivity contribution in [2.45, 2.75) is 31.2 Å². The van der Waals surface area contributed by atoms with Gasteiger partial charge in [0.25, 0.3) is 5.91 Å². The summed E-state index contributed by atoms with van der Waals surface area (Å²) in [6.45, 7) is 4.79. The number of carbonyl (C=O) groups is 2. The highest BCUT2D eigenvalue weighted by atomic mass is 16.2. The predicted octanol–water partition coefficient (Wildman–Crippen LogP) is 3.41.